The van der Waals surface area contributed by atoms with Crippen molar-refractivity contribution >= 4 is 63.6 Å². The lowest BCUT2D eigenvalue weighted by atomic mass is 10.0. The quantitative estimate of drug-likeness (QED) is 0.0694. The number of carboxylic acids is 2. The third-order valence-corrected chi connectivity index (χ3v) is 11.5. The maximum absolute atomic E-state index is 13.4. The summed E-state index contributed by atoms with van der Waals surface area (Å²) in [4.78, 5) is 76.6. The van der Waals surface area contributed by atoms with E-state index in [0.717, 1.165) is 53.0 Å². The molecule has 3 aliphatic heterocycles. The number of β-lactam (4-membered cyclic amide) rings is 1. The number of thiazole rings is 1. The first-order valence-corrected chi connectivity index (χ1v) is 19.0. The number of nitrogens with two attached hydrogens (primary N) is 1. The topological polar surface area (TPSA) is 209 Å². The summed E-state index contributed by atoms with van der Waals surface area (Å²) in [7, 11) is 0. The summed E-state index contributed by atoms with van der Waals surface area (Å²) in [6.45, 7) is 1.37. The van der Waals surface area contributed by atoms with Crippen molar-refractivity contribution in [2.24, 2.45) is 5.16 Å². The summed E-state index contributed by atoms with van der Waals surface area (Å²) in [5, 5.41) is 27.3. The smallest absolute Gasteiger partial charge is 0.352 e. The second kappa shape index (κ2) is 15.2. The number of anilines is 1. The minimum Gasteiger partial charge on any atom is -0.478 e. The highest BCUT2D eigenvalue weighted by molar-refractivity contribution is 8.00. The van der Waals surface area contributed by atoms with Crippen LogP contribution in [0.15, 0.2) is 82.2 Å². The van der Waals surface area contributed by atoms with Gasteiger partial charge in [-0.15, -0.1) is 23.1 Å². The highest BCUT2D eigenvalue weighted by Crippen LogP contribution is 2.41. The Labute approximate surface area is 311 Å². The zero-order valence-corrected chi connectivity index (χ0v) is 30.0. The second-order valence-electron chi connectivity index (χ2n) is 13.1. The average molecular weight is 759 g/mol. The Kier molecular flexibility index (Phi) is 10.3. The predicted molar refractivity (Wildman–Crippen MR) is 193 cm³/mol. The minimum absolute atomic E-state index is 0.111. The van der Waals surface area contributed by atoms with Crippen molar-refractivity contribution < 1.29 is 43.6 Å². The number of amides is 3. The summed E-state index contributed by atoms with van der Waals surface area (Å²) in [5.74, 6) is -3.54. The van der Waals surface area contributed by atoms with Crippen LogP contribution in [0.2, 0.25) is 0 Å². The number of nitrogen functional groups attached to an aromatic ring is 1. The average Bonchev–Trinajstić information content (AvgIpc) is 3.91. The Morgan fingerprint density at radius 1 is 1.06 bits per heavy atom. The molecule has 2 aromatic heterocycles. The molecule has 1 saturated carbocycles. The van der Waals surface area contributed by atoms with E-state index in [1.807, 2.05) is 29.1 Å². The molecule has 2 atom stereocenters. The first-order valence-electron chi connectivity index (χ1n) is 17.0. The highest BCUT2D eigenvalue weighted by atomic mass is 32.2. The maximum Gasteiger partial charge on any atom is 0.352 e. The van der Waals surface area contributed by atoms with E-state index in [4.69, 9.17) is 15.7 Å². The Morgan fingerprint density at radius 3 is 2.45 bits per heavy atom. The van der Waals surface area contributed by atoms with Gasteiger partial charge in [0.15, 0.2) is 29.8 Å². The lowest BCUT2D eigenvalue weighted by molar-refractivity contribution is -0.688. The number of likely N-dealkylation sites (tertiary alicyclic amines) is 1. The number of thioether (sulfide) groups is 1. The van der Waals surface area contributed by atoms with E-state index in [0.29, 0.717) is 37.2 Å². The number of fused-ring (bicyclic) bond motifs is 1. The van der Waals surface area contributed by atoms with E-state index in [9.17, 15) is 29.1 Å². The number of carboxylic acid groups (broad SMARTS) is 2. The molecule has 5 N–H and O–H groups in total. The number of carbonyl (C=O) groups excluding carboxylic acids is 3. The van der Waals surface area contributed by atoms with Crippen molar-refractivity contribution in [1.29, 1.82) is 0 Å². The fourth-order valence-corrected chi connectivity index (χ4v) is 8.58. The molecule has 4 aliphatic rings. The van der Waals surface area contributed by atoms with Crippen LogP contribution >= 0.6 is 23.1 Å². The summed E-state index contributed by atoms with van der Waals surface area (Å²) in [6.07, 6.45) is 9.33. The van der Waals surface area contributed by atoms with Gasteiger partial charge in [-0.2, -0.15) is 0 Å². The first kappa shape index (κ1) is 35.8. The monoisotopic (exact) mass is 758 g/mol. The van der Waals surface area contributed by atoms with Crippen LogP contribution in [0.4, 0.5) is 5.13 Å². The number of aromatic nitrogens is 2. The zero-order chi connectivity index (χ0) is 37.2. The molecule has 3 amide bonds. The van der Waals surface area contributed by atoms with Crippen LogP contribution in [-0.2, 0) is 37.1 Å². The molecule has 0 spiro atoms. The van der Waals surface area contributed by atoms with Gasteiger partial charge in [-0.3, -0.25) is 19.3 Å². The van der Waals surface area contributed by atoms with E-state index < -0.39 is 35.2 Å². The standard InChI is InChI=1S/C36H35N7O8S2/c37-36-38-26(19-53-36)27(40-51-25-3-1-2-4-25)30(44)39-28-32(46)43-29(35(49)50)24(18-52-33(28)43)15-23-11-14-42(31(23)45)17-21-9-12-41(13-10-21)16-20-5-7-22(8-6-20)34(47)48/h5-10,12-13,15,19,25,28,33H,1-4,11,14,16-18H2,(H4-,37,38,39,44,47,48,49,50)/p+1/b23-15+,40-27-/t28-,33-/m1/s1. The first-order chi connectivity index (χ1) is 25.5. The van der Waals surface area contributed by atoms with E-state index in [1.54, 1.807) is 40.6 Å². The molecule has 274 valence electrons. The van der Waals surface area contributed by atoms with Crippen LogP contribution in [0.1, 0.15) is 59.3 Å². The van der Waals surface area contributed by atoms with E-state index in [-0.39, 0.29) is 45.6 Å². The largest absolute Gasteiger partial charge is 0.478 e. The number of rotatable bonds is 12. The van der Waals surface area contributed by atoms with E-state index in [2.05, 4.69) is 15.5 Å². The third kappa shape index (κ3) is 7.66. The molecule has 1 aromatic carbocycles. The molecular formula is C36H36N7O8S2+. The number of nitrogens with zero attached hydrogens (tertiary/aromatic N) is 5. The number of benzene rings is 1. The molecule has 53 heavy (non-hydrogen) atoms. The molecule has 1 aliphatic carbocycles. The van der Waals surface area contributed by atoms with Crippen molar-refractivity contribution in [2.75, 3.05) is 18.0 Å². The number of carbonyl (C=O) groups is 5. The number of allylic oxidation sites excluding steroid dienone is 1. The summed E-state index contributed by atoms with van der Waals surface area (Å²) >= 11 is 2.44. The van der Waals surface area contributed by atoms with Gasteiger partial charge in [-0.1, -0.05) is 17.3 Å². The Morgan fingerprint density at radius 2 is 1.79 bits per heavy atom. The molecule has 0 bridgehead atoms. The highest BCUT2D eigenvalue weighted by Gasteiger charge is 2.54. The lowest BCUT2D eigenvalue weighted by Gasteiger charge is -2.49. The summed E-state index contributed by atoms with van der Waals surface area (Å²) in [5.41, 5.74) is 8.59. The number of hydrogen-bond donors (Lipinski definition) is 4. The summed E-state index contributed by atoms with van der Waals surface area (Å²) < 4.78 is 1.95. The molecule has 0 radical (unpaired) electrons. The van der Waals surface area contributed by atoms with Gasteiger partial charge in [0.1, 0.15) is 28.9 Å². The van der Waals surface area contributed by atoms with Crippen LogP contribution in [0.5, 0.6) is 0 Å². The zero-order valence-electron chi connectivity index (χ0n) is 28.3. The Hall–Kier alpha value is -5.55. The van der Waals surface area contributed by atoms with E-state index >= 15 is 0 Å². The van der Waals surface area contributed by atoms with Gasteiger partial charge in [-0.25, -0.2) is 19.1 Å². The molecule has 3 fully saturated rings. The van der Waals surface area contributed by atoms with Crippen LogP contribution in [-0.4, -0.2) is 90.2 Å². The fraction of sp³-hybridized carbons (Fsp3) is 0.333. The molecule has 0 unspecified atom stereocenters. The van der Waals surface area contributed by atoms with Crippen LogP contribution < -0.4 is 15.6 Å². The summed E-state index contributed by atoms with van der Waals surface area (Å²) in [6, 6.07) is 9.50. The SMILES string of the molecule is Nc1nc(/C(=N/OC2CCCC2)C(=O)N[C@@H]2C(=O)N3C(C(=O)O)=C(/C=C4\CCN(Cc5cc[n+](Cc6ccc(C(=O)O)cc6)cc5)C4=O)CS[C@H]23)cs1. The molecule has 5 heterocycles. The number of oxime groups is 1. The van der Waals surface area contributed by atoms with Gasteiger partial charge in [0, 0.05) is 47.5 Å². The van der Waals surface area contributed by atoms with Crippen molar-refractivity contribution in [3.8, 4) is 0 Å². The van der Waals surface area contributed by atoms with E-state index in [1.165, 1.54) is 11.8 Å². The molecular weight excluding hydrogens is 723 g/mol. The van der Waals surface area contributed by atoms with Crippen LogP contribution in [0.3, 0.4) is 0 Å². The lowest BCUT2D eigenvalue weighted by Crippen LogP contribution is -2.71. The third-order valence-electron chi connectivity index (χ3n) is 9.52. The molecule has 2 saturated heterocycles. The molecule has 17 heteroatoms. The van der Waals surface area contributed by atoms with Crippen molar-refractivity contribution in [3.63, 3.8) is 0 Å². The van der Waals surface area contributed by atoms with Crippen molar-refractivity contribution in [3.05, 3.63) is 99.5 Å². The number of aliphatic carboxylic acids is 1. The van der Waals surface area contributed by atoms with Gasteiger partial charge in [-0.05, 0) is 61.4 Å². The number of hydrogen-bond acceptors (Lipinski definition) is 11. The number of aromatic carboxylic acids is 1. The van der Waals surface area contributed by atoms with Gasteiger partial charge in [0.25, 0.3) is 11.8 Å². The van der Waals surface area contributed by atoms with Gasteiger partial charge in [0.05, 0.1) is 5.56 Å². The maximum atomic E-state index is 13.4. The minimum atomic E-state index is -1.30. The molecule has 15 nitrogen and oxygen atoms in total. The Bertz CT molecular complexity index is 2060. The number of nitrogens with one attached hydrogen (secondary N) is 1. The van der Waals surface area contributed by atoms with Crippen LogP contribution in [0, 0.1) is 0 Å². The fourth-order valence-electron chi connectivity index (χ4n) is 6.73. The second-order valence-corrected chi connectivity index (χ2v) is 15.1. The van der Waals surface area contributed by atoms with Crippen LogP contribution in [0.25, 0.3) is 0 Å². The van der Waals surface area contributed by atoms with Gasteiger partial charge >= 0.3 is 11.9 Å². The molecule has 7 rings (SSSR count). The Balaban J connectivity index is 0.998. The van der Waals surface area contributed by atoms with Crippen molar-refractivity contribution in [2.45, 2.75) is 62.7 Å². The van der Waals surface area contributed by atoms with Gasteiger partial charge < -0.3 is 31.0 Å². The predicted octanol–water partition coefficient (Wildman–Crippen LogP) is 2.52. The molecule has 3 aromatic rings. The normalized spacial score (nSPS) is 21.2. The van der Waals surface area contributed by atoms with Gasteiger partial charge in [0.2, 0.25) is 5.91 Å². The number of pyridine rings is 1. The van der Waals surface area contributed by atoms with Crippen molar-refractivity contribution in [1.82, 2.24) is 20.1 Å².